The first kappa shape index (κ1) is 19.7. The van der Waals surface area contributed by atoms with Gasteiger partial charge >= 0.3 is 6.03 Å². The van der Waals surface area contributed by atoms with Crippen molar-refractivity contribution in [1.82, 2.24) is 10.6 Å². The van der Waals surface area contributed by atoms with Gasteiger partial charge in [0.2, 0.25) is 5.91 Å². The van der Waals surface area contributed by atoms with Gasteiger partial charge in [-0.2, -0.15) is 0 Å². The number of anilines is 1. The van der Waals surface area contributed by atoms with E-state index in [0.717, 1.165) is 37.8 Å². The third-order valence-corrected chi connectivity index (χ3v) is 5.50. The Hall–Kier alpha value is -2.08. The number of hydrogen-bond acceptors (Lipinski definition) is 3. The topological polar surface area (TPSA) is 79.5 Å². The van der Waals surface area contributed by atoms with Gasteiger partial charge in [0.15, 0.2) is 0 Å². The maximum Gasteiger partial charge on any atom is 0.319 e. The molecule has 1 aromatic carbocycles. The van der Waals surface area contributed by atoms with Crippen LogP contribution in [0.1, 0.15) is 51.9 Å². The summed E-state index contributed by atoms with van der Waals surface area (Å²) in [5, 5.41) is 9.06. The van der Waals surface area contributed by atoms with Gasteiger partial charge in [-0.15, -0.1) is 0 Å². The minimum absolute atomic E-state index is 0.0253. The lowest BCUT2D eigenvalue weighted by Gasteiger charge is -2.37. The Morgan fingerprint density at radius 3 is 2.52 bits per heavy atom. The molecule has 0 bridgehead atoms. The van der Waals surface area contributed by atoms with E-state index in [2.05, 4.69) is 22.9 Å². The monoisotopic (exact) mass is 373 g/mol. The molecule has 0 spiro atoms. The molecule has 27 heavy (non-hydrogen) atoms. The van der Waals surface area contributed by atoms with Crippen molar-refractivity contribution in [1.29, 1.82) is 0 Å². The predicted octanol–water partition coefficient (Wildman–Crippen LogP) is 3.44. The largest absolute Gasteiger partial charge is 0.376 e. The van der Waals surface area contributed by atoms with Crippen molar-refractivity contribution in [2.24, 2.45) is 5.92 Å². The van der Waals surface area contributed by atoms with Crippen LogP contribution in [0.4, 0.5) is 10.5 Å². The average molecular weight is 373 g/mol. The lowest BCUT2D eigenvalue weighted by molar-refractivity contribution is -0.129. The highest BCUT2D eigenvalue weighted by molar-refractivity contribution is 5.89. The Balaban J connectivity index is 1.53. The maximum atomic E-state index is 12.5. The zero-order chi connectivity index (χ0) is 19.1. The summed E-state index contributed by atoms with van der Waals surface area (Å²) in [6.45, 7) is 2.70. The summed E-state index contributed by atoms with van der Waals surface area (Å²) in [5.41, 5.74) is 0.759. The van der Waals surface area contributed by atoms with E-state index >= 15 is 0 Å². The minimum Gasteiger partial charge on any atom is -0.376 e. The van der Waals surface area contributed by atoms with Crippen LogP contribution in [0.3, 0.4) is 0 Å². The van der Waals surface area contributed by atoms with Gasteiger partial charge in [0, 0.05) is 24.3 Å². The highest BCUT2D eigenvalue weighted by Crippen LogP contribution is 2.28. The first-order chi connectivity index (χ1) is 13.2. The third-order valence-electron chi connectivity index (χ3n) is 5.50. The summed E-state index contributed by atoms with van der Waals surface area (Å²) in [7, 11) is 0. The van der Waals surface area contributed by atoms with Crippen LogP contribution in [0.15, 0.2) is 30.3 Å². The summed E-state index contributed by atoms with van der Waals surface area (Å²) in [4.78, 5) is 24.9. The molecule has 2 aliphatic rings. The SMILES string of the molecule is CCCO[C@@H]1C[C@@H](C(=O)NC2CCC2)CC[C@H]1NC(=O)Nc1ccccc1. The van der Waals surface area contributed by atoms with Crippen LogP contribution >= 0.6 is 0 Å². The summed E-state index contributed by atoms with van der Waals surface area (Å²) in [5.74, 6) is 0.125. The van der Waals surface area contributed by atoms with Crippen LogP contribution in [0.2, 0.25) is 0 Å². The van der Waals surface area contributed by atoms with E-state index < -0.39 is 0 Å². The number of carbonyl (C=O) groups excluding carboxylic acids is 2. The van der Waals surface area contributed by atoms with Crippen LogP contribution in [0.5, 0.6) is 0 Å². The quantitative estimate of drug-likeness (QED) is 0.685. The van der Waals surface area contributed by atoms with Crippen molar-refractivity contribution in [3.8, 4) is 0 Å². The number of benzene rings is 1. The van der Waals surface area contributed by atoms with Crippen molar-refractivity contribution < 1.29 is 14.3 Å². The highest BCUT2D eigenvalue weighted by atomic mass is 16.5. The van der Waals surface area contributed by atoms with Gasteiger partial charge in [-0.3, -0.25) is 4.79 Å². The molecule has 2 fully saturated rings. The number of nitrogens with one attached hydrogen (secondary N) is 3. The normalized spacial score (nSPS) is 25.3. The lowest BCUT2D eigenvalue weighted by atomic mass is 9.82. The molecule has 0 radical (unpaired) electrons. The summed E-state index contributed by atoms with van der Waals surface area (Å²) in [6.07, 6.45) is 6.38. The molecule has 6 nitrogen and oxygen atoms in total. The molecule has 2 aliphatic carbocycles. The fraction of sp³-hybridized carbons (Fsp3) is 0.619. The number of amides is 3. The summed E-state index contributed by atoms with van der Waals surface area (Å²) < 4.78 is 6.00. The van der Waals surface area contributed by atoms with Crippen molar-refractivity contribution in [3.05, 3.63) is 30.3 Å². The molecule has 3 rings (SSSR count). The molecule has 0 unspecified atom stereocenters. The standard InChI is InChI=1S/C21H31N3O3/c1-2-13-27-19-14-15(20(25)22-16-9-6-10-16)11-12-18(19)24-21(26)23-17-7-4-3-5-8-17/h3-5,7-8,15-16,18-19H,2,6,9-14H2,1H3,(H,22,25)(H2,23,24,26)/t15-,18+,19+/m0/s1. The van der Waals surface area contributed by atoms with Gasteiger partial charge in [-0.25, -0.2) is 4.79 Å². The number of carbonyl (C=O) groups is 2. The molecule has 0 heterocycles. The van der Waals surface area contributed by atoms with Gasteiger partial charge in [-0.1, -0.05) is 25.1 Å². The smallest absolute Gasteiger partial charge is 0.319 e. The molecule has 0 aliphatic heterocycles. The minimum atomic E-state index is -0.228. The fourth-order valence-corrected chi connectivity index (χ4v) is 3.71. The first-order valence-corrected chi connectivity index (χ1v) is 10.2. The second-order valence-electron chi connectivity index (χ2n) is 7.63. The highest BCUT2D eigenvalue weighted by Gasteiger charge is 2.36. The van der Waals surface area contributed by atoms with Crippen molar-refractivity contribution in [2.75, 3.05) is 11.9 Å². The molecule has 2 saturated carbocycles. The van der Waals surface area contributed by atoms with E-state index in [1.165, 1.54) is 6.42 Å². The molecule has 3 atom stereocenters. The van der Waals surface area contributed by atoms with Gasteiger partial charge in [0.1, 0.15) is 0 Å². The molecule has 6 heteroatoms. The Kier molecular flexibility index (Phi) is 7.10. The van der Waals surface area contributed by atoms with Gasteiger partial charge in [0.05, 0.1) is 12.1 Å². The predicted molar refractivity (Wildman–Crippen MR) is 106 cm³/mol. The number of rotatable bonds is 7. The van der Waals surface area contributed by atoms with Crippen LogP contribution in [-0.4, -0.2) is 36.7 Å². The molecule has 1 aromatic rings. The van der Waals surface area contributed by atoms with E-state index in [1.54, 1.807) is 0 Å². The summed E-state index contributed by atoms with van der Waals surface area (Å²) in [6, 6.07) is 9.44. The van der Waals surface area contributed by atoms with E-state index in [0.29, 0.717) is 19.1 Å². The zero-order valence-corrected chi connectivity index (χ0v) is 16.1. The molecule has 0 saturated heterocycles. The van der Waals surface area contributed by atoms with Crippen molar-refractivity contribution >= 4 is 17.6 Å². The van der Waals surface area contributed by atoms with Crippen LogP contribution in [-0.2, 0) is 9.53 Å². The second-order valence-corrected chi connectivity index (χ2v) is 7.63. The number of hydrogen-bond donors (Lipinski definition) is 3. The van der Waals surface area contributed by atoms with Crippen LogP contribution in [0, 0.1) is 5.92 Å². The van der Waals surface area contributed by atoms with Crippen molar-refractivity contribution in [2.45, 2.75) is 70.1 Å². The van der Waals surface area contributed by atoms with E-state index in [-0.39, 0.29) is 30.0 Å². The van der Waals surface area contributed by atoms with E-state index in [1.807, 2.05) is 30.3 Å². The zero-order valence-electron chi connectivity index (χ0n) is 16.1. The molecule has 0 aromatic heterocycles. The number of ether oxygens (including phenoxy) is 1. The average Bonchev–Trinajstić information content (AvgIpc) is 2.64. The van der Waals surface area contributed by atoms with E-state index in [4.69, 9.17) is 4.74 Å². The Bertz CT molecular complexity index is 618. The Morgan fingerprint density at radius 2 is 1.85 bits per heavy atom. The molecule has 3 amide bonds. The second kappa shape index (κ2) is 9.74. The molecular formula is C21H31N3O3. The van der Waals surface area contributed by atoms with Crippen LogP contribution < -0.4 is 16.0 Å². The molecular weight excluding hydrogens is 342 g/mol. The fourth-order valence-electron chi connectivity index (χ4n) is 3.71. The maximum absolute atomic E-state index is 12.5. The summed E-state index contributed by atoms with van der Waals surface area (Å²) >= 11 is 0. The van der Waals surface area contributed by atoms with Gasteiger partial charge in [0.25, 0.3) is 0 Å². The lowest BCUT2D eigenvalue weighted by Crippen LogP contribution is -2.52. The van der Waals surface area contributed by atoms with Crippen molar-refractivity contribution in [3.63, 3.8) is 0 Å². The van der Waals surface area contributed by atoms with Crippen LogP contribution in [0.25, 0.3) is 0 Å². The van der Waals surface area contributed by atoms with Gasteiger partial charge < -0.3 is 20.7 Å². The molecule has 148 valence electrons. The van der Waals surface area contributed by atoms with E-state index in [9.17, 15) is 9.59 Å². The first-order valence-electron chi connectivity index (χ1n) is 10.2. The Morgan fingerprint density at radius 1 is 1.07 bits per heavy atom. The molecule has 3 N–H and O–H groups in total. The van der Waals surface area contributed by atoms with Gasteiger partial charge in [-0.05, 0) is 57.1 Å². The third kappa shape index (κ3) is 5.70. The Labute approximate surface area is 161 Å². The number of para-hydroxylation sites is 1. The number of urea groups is 1.